The molecule has 1 aromatic heterocycles. The predicted octanol–water partition coefficient (Wildman–Crippen LogP) is 2.96. The third kappa shape index (κ3) is 5.24. The largest absolute Gasteiger partial charge is 0.492 e. The van der Waals surface area contributed by atoms with E-state index in [-0.39, 0.29) is 6.03 Å². The summed E-state index contributed by atoms with van der Waals surface area (Å²) in [6.45, 7) is 5.86. The van der Waals surface area contributed by atoms with E-state index in [1.165, 1.54) is 0 Å². The van der Waals surface area contributed by atoms with Crippen LogP contribution in [0.25, 0.3) is 10.9 Å². The van der Waals surface area contributed by atoms with Crippen molar-refractivity contribution >= 4 is 16.9 Å². The van der Waals surface area contributed by atoms with Crippen LogP contribution in [0.15, 0.2) is 36.5 Å². The van der Waals surface area contributed by atoms with E-state index in [9.17, 15) is 4.79 Å². The summed E-state index contributed by atoms with van der Waals surface area (Å²) < 4.78 is 5.64. The molecule has 0 saturated heterocycles. The Balaban J connectivity index is 1.68. The number of urea groups is 1. The molecular formula is C17H23N3O2. The molecule has 0 bridgehead atoms. The van der Waals surface area contributed by atoms with Gasteiger partial charge in [0.2, 0.25) is 0 Å². The van der Waals surface area contributed by atoms with Gasteiger partial charge in [0.25, 0.3) is 0 Å². The van der Waals surface area contributed by atoms with Crippen molar-refractivity contribution in [2.24, 2.45) is 5.92 Å². The molecule has 22 heavy (non-hydrogen) atoms. The van der Waals surface area contributed by atoms with Gasteiger partial charge in [0.05, 0.1) is 12.1 Å². The van der Waals surface area contributed by atoms with Crippen LogP contribution in [0.3, 0.4) is 0 Å². The van der Waals surface area contributed by atoms with Gasteiger partial charge in [-0.05, 0) is 36.6 Å². The number of hydrogen-bond donors (Lipinski definition) is 2. The third-order valence-electron chi connectivity index (χ3n) is 3.24. The standard InChI is InChI=1S/C17H23N3O2/c1-13(2)7-9-19-17(21)20-10-11-22-15-5-6-16-14(12-15)4-3-8-18-16/h3-6,8,12-13H,7,9-11H2,1-2H3,(H2,19,20,21). The average molecular weight is 301 g/mol. The Morgan fingerprint density at radius 3 is 2.86 bits per heavy atom. The summed E-state index contributed by atoms with van der Waals surface area (Å²) in [6, 6.07) is 9.51. The van der Waals surface area contributed by atoms with E-state index in [0.717, 1.165) is 23.1 Å². The molecule has 0 fully saturated rings. The van der Waals surface area contributed by atoms with E-state index in [4.69, 9.17) is 4.74 Å². The Labute approximate surface area is 131 Å². The Bertz CT molecular complexity index is 614. The highest BCUT2D eigenvalue weighted by atomic mass is 16.5. The number of carbonyl (C=O) groups is 1. The number of amides is 2. The molecular weight excluding hydrogens is 278 g/mol. The summed E-state index contributed by atoms with van der Waals surface area (Å²) in [5.41, 5.74) is 0.942. The average Bonchev–Trinajstić information content (AvgIpc) is 2.51. The number of nitrogens with zero attached hydrogens (tertiary/aromatic N) is 1. The van der Waals surface area contributed by atoms with Gasteiger partial charge in [0.1, 0.15) is 12.4 Å². The van der Waals surface area contributed by atoms with Gasteiger partial charge in [-0.2, -0.15) is 0 Å². The molecule has 2 rings (SSSR count). The van der Waals surface area contributed by atoms with Gasteiger partial charge in [-0.15, -0.1) is 0 Å². The fraction of sp³-hybridized carbons (Fsp3) is 0.412. The highest BCUT2D eigenvalue weighted by molar-refractivity contribution is 5.79. The first-order chi connectivity index (χ1) is 10.6. The van der Waals surface area contributed by atoms with Crippen LogP contribution in [0.2, 0.25) is 0 Å². The molecule has 5 nitrogen and oxygen atoms in total. The lowest BCUT2D eigenvalue weighted by Gasteiger charge is -2.10. The number of benzene rings is 1. The summed E-state index contributed by atoms with van der Waals surface area (Å²) in [5, 5.41) is 6.64. The number of ether oxygens (including phenoxy) is 1. The first kappa shape index (κ1) is 16.1. The van der Waals surface area contributed by atoms with Crippen molar-refractivity contribution in [3.8, 4) is 5.75 Å². The van der Waals surface area contributed by atoms with Crippen LogP contribution in [-0.4, -0.2) is 30.7 Å². The van der Waals surface area contributed by atoms with Crippen molar-refractivity contribution in [3.63, 3.8) is 0 Å². The maximum absolute atomic E-state index is 11.5. The summed E-state index contributed by atoms with van der Waals surface area (Å²) in [5.74, 6) is 1.37. The van der Waals surface area contributed by atoms with Gasteiger partial charge in [0.15, 0.2) is 0 Å². The number of aromatic nitrogens is 1. The van der Waals surface area contributed by atoms with Crippen molar-refractivity contribution in [2.45, 2.75) is 20.3 Å². The van der Waals surface area contributed by atoms with Gasteiger partial charge in [-0.1, -0.05) is 19.9 Å². The first-order valence-corrected chi connectivity index (χ1v) is 7.64. The van der Waals surface area contributed by atoms with Crippen molar-refractivity contribution in [2.75, 3.05) is 19.7 Å². The van der Waals surface area contributed by atoms with Crippen molar-refractivity contribution < 1.29 is 9.53 Å². The van der Waals surface area contributed by atoms with Gasteiger partial charge < -0.3 is 15.4 Å². The van der Waals surface area contributed by atoms with Gasteiger partial charge in [-0.25, -0.2) is 4.79 Å². The maximum Gasteiger partial charge on any atom is 0.314 e. The summed E-state index contributed by atoms with van der Waals surface area (Å²) in [6.07, 6.45) is 2.75. The van der Waals surface area contributed by atoms with E-state index < -0.39 is 0 Å². The Morgan fingerprint density at radius 2 is 2.05 bits per heavy atom. The first-order valence-electron chi connectivity index (χ1n) is 7.64. The molecule has 118 valence electrons. The molecule has 2 amide bonds. The van der Waals surface area contributed by atoms with Crippen LogP contribution < -0.4 is 15.4 Å². The van der Waals surface area contributed by atoms with Gasteiger partial charge >= 0.3 is 6.03 Å². The zero-order chi connectivity index (χ0) is 15.8. The van der Waals surface area contributed by atoms with Crippen LogP contribution in [-0.2, 0) is 0 Å². The van der Waals surface area contributed by atoms with Crippen LogP contribution in [0.5, 0.6) is 5.75 Å². The summed E-state index contributed by atoms with van der Waals surface area (Å²) in [4.78, 5) is 15.8. The second kappa shape index (κ2) is 8.22. The highest BCUT2D eigenvalue weighted by Crippen LogP contribution is 2.18. The minimum Gasteiger partial charge on any atom is -0.492 e. The lowest BCUT2D eigenvalue weighted by molar-refractivity contribution is 0.236. The van der Waals surface area contributed by atoms with Crippen molar-refractivity contribution in [3.05, 3.63) is 36.5 Å². The SMILES string of the molecule is CC(C)CCNC(=O)NCCOc1ccc2ncccc2c1. The molecule has 5 heteroatoms. The second-order valence-electron chi connectivity index (χ2n) is 5.57. The molecule has 0 saturated carbocycles. The molecule has 1 aromatic carbocycles. The lowest BCUT2D eigenvalue weighted by atomic mass is 10.1. The van der Waals surface area contributed by atoms with Crippen LogP contribution in [0.1, 0.15) is 20.3 Å². The Kier molecular flexibility index (Phi) is 6.01. The summed E-state index contributed by atoms with van der Waals surface area (Å²) in [7, 11) is 0. The highest BCUT2D eigenvalue weighted by Gasteiger charge is 2.01. The second-order valence-corrected chi connectivity index (χ2v) is 5.57. The monoisotopic (exact) mass is 301 g/mol. The van der Waals surface area contributed by atoms with Crippen molar-refractivity contribution in [1.29, 1.82) is 0 Å². The van der Waals surface area contributed by atoms with E-state index >= 15 is 0 Å². The molecule has 0 aliphatic carbocycles. The molecule has 2 N–H and O–H groups in total. The number of fused-ring (bicyclic) bond motifs is 1. The maximum atomic E-state index is 11.5. The van der Waals surface area contributed by atoms with Crippen LogP contribution in [0, 0.1) is 5.92 Å². The Hall–Kier alpha value is -2.30. The molecule has 0 spiro atoms. The van der Waals surface area contributed by atoms with Crippen LogP contribution >= 0.6 is 0 Å². The molecule has 1 heterocycles. The zero-order valence-electron chi connectivity index (χ0n) is 13.1. The van der Waals surface area contributed by atoms with E-state index in [1.807, 2.05) is 30.3 Å². The van der Waals surface area contributed by atoms with Gasteiger partial charge in [0, 0.05) is 18.1 Å². The fourth-order valence-electron chi connectivity index (χ4n) is 2.01. The van der Waals surface area contributed by atoms with Gasteiger partial charge in [-0.3, -0.25) is 4.98 Å². The lowest BCUT2D eigenvalue weighted by Crippen LogP contribution is -2.38. The smallest absolute Gasteiger partial charge is 0.314 e. The number of hydrogen-bond acceptors (Lipinski definition) is 3. The Morgan fingerprint density at radius 1 is 1.23 bits per heavy atom. The molecule has 0 aliphatic rings. The molecule has 0 radical (unpaired) electrons. The topological polar surface area (TPSA) is 63.2 Å². The molecule has 2 aromatic rings. The third-order valence-corrected chi connectivity index (χ3v) is 3.24. The predicted molar refractivity (Wildman–Crippen MR) is 88.1 cm³/mol. The van der Waals surface area contributed by atoms with E-state index in [1.54, 1.807) is 6.20 Å². The number of nitrogens with one attached hydrogen (secondary N) is 2. The molecule has 0 unspecified atom stereocenters. The number of rotatable bonds is 7. The molecule has 0 aliphatic heterocycles. The van der Waals surface area contributed by atoms with E-state index in [2.05, 4.69) is 29.5 Å². The van der Waals surface area contributed by atoms with E-state index in [0.29, 0.717) is 25.6 Å². The zero-order valence-corrected chi connectivity index (χ0v) is 13.1. The van der Waals surface area contributed by atoms with Crippen LogP contribution in [0.4, 0.5) is 4.79 Å². The summed E-state index contributed by atoms with van der Waals surface area (Å²) >= 11 is 0. The molecule has 0 atom stereocenters. The fourth-order valence-corrected chi connectivity index (χ4v) is 2.01. The quantitative estimate of drug-likeness (QED) is 0.773. The minimum absolute atomic E-state index is 0.146. The minimum atomic E-state index is -0.146. The normalized spacial score (nSPS) is 10.7. The van der Waals surface area contributed by atoms with Crippen molar-refractivity contribution in [1.82, 2.24) is 15.6 Å². The number of pyridine rings is 1. The number of carbonyl (C=O) groups excluding carboxylic acids is 1.